The first kappa shape index (κ1) is 15.3. The van der Waals surface area contributed by atoms with Crippen LogP contribution in [0.2, 0.25) is 5.02 Å². The van der Waals surface area contributed by atoms with Crippen molar-refractivity contribution in [3.05, 3.63) is 34.1 Å². The molecule has 1 rings (SSSR count). The van der Waals surface area contributed by atoms with E-state index in [1.807, 2.05) is 0 Å². The third kappa shape index (κ3) is 4.38. The van der Waals surface area contributed by atoms with Gasteiger partial charge < -0.3 is 0 Å². The van der Waals surface area contributed by atoms with Gasteiger partial charge in [-0.15, -0.1) is 0 Å². The summed E-state index contributed by atoms with van der Waals surface area (Å²) in [5, 5.41) is 0.0302. The second-order valence-electron chi connectivity index (χ2n) is 2.88. The number of hydrogen-bond donors (Lipinski definition) is 1. The Labute approximate surface area is 115 Å². The summed E-state index contributed by atoms with van der Waals surface area (Å²) >= 11 is 5.69. The van der Waals surface area contributed by atoms with Crippen LogP contribution in [0.1, 0.15) is 11.1 Å². The van der Waals surface area contributed by atoms with Gasteiger partial charge in [0.25, 0.3) is 10.1 Å². The van der Waals surface area contributed by atoms with Crippen molar-refractivity contribution in [1.82, 2.24) is 0 Å². The molecule has 3 nitrogen and oxygen atoms in total. The standard InChI is InChI=1S/C8H8ClFO3S.Na/c1-5-2-3-7(10)6(8(5)9)4-14(11,12)13;/h2-3H,4H2,1H3,(H,11,12,13);. The Morgan fingerprint density at radius 1 is 1.47 bits per heavy atom. The van der Waals surface area contributed by atoms with E-state index in [4.69, 9.17) is 16.2 Å². The van der Waals surface area contributed by atoms with Gasteiger partial charge in [-0.05, 0) is 18.6 Å². The minimum absolute atomic E-state index is 0. The molecule has 0 aliphatic rings. The molecule has 0 atom stereocenters. The van der Waals surface area contributed by atoms with Crippen LogP contribution in [-0.2, 0) is 15.9 Å². The van der Waals surface area contributed by atoms with Crippen molar-refractivity contribution in [3.63, 3.8) is 0 Å². The SMILES string of the molecule is Cc1ccc(F)c(CS(=O)(=O)O)c1Cl.[Na]. The molecule has 1 N–H and O–H groups in total. The van der Waals surface area contributed by atoms with Crippen LogP contribution in [0.25, 0.3) is 0 Å². The van der Waals surface area contributed by atoms with E-state index in [2.05, 4.69) is 0 Å². The van der Waals surface area contributed by atoms with Crippen LogP contribution < -0.4 is 0 Å². The van der Waals surface area contributed by atoms with Gasteiger partial charge in [-0.1, -0.05) is 17.7 Å². The monoisotopic (exact) mass is 261 g/mol. The molecule has 0 saturated heterocycles. The molecule has 0 saturated carbocycles. The predicted molar refractivity (Wildman–Crippen MR) is 57.2 cm³/mol. The molecule has 1 radical (unpaired) electrons. The fourth-order valence-electron chi connectivity index (χ4n) is 1.03. The van der Waals surface area contributed by atoms with Crippen molar-refractivity contribution in [2.45, 2.75) is 12.7 Å². The summed E-state index contributed by atoms with van der Waals surface area (Å²) in [6.07, 6.45) is 0. The number of benzene rings is 1. The third-order valence-corrected chi connectivity index (χ3v) is 2.89. The molecule has 0 aromatic heterocycles. The molecule has 0 amide bonds. The summed E-state index contributed by atoms with van der Waals surface area (Å²) in [5.41, 5.74) is 0.362. The van der Waals surface area contributed by atoms with E-state index in [9.17, 15) is 12.8 Å². The average Bonchev–Trinajstić information content (AvgIpc) is 2.04. The van der Waals surface area contributed by atoms with E-state index in [0.717, 1.165) is 6.07 Å². The molecule has 7 heteroatoms. The summed E-state index contributed by atoms with van der Waals surface area (Å²) in [5.74, 6) is -1.54. The first-order chi connectivity index (χ1) is 6.31. The summed E-state index contributed by atoms with van der Waals surface area (Å²) in [6.45, 7) is 1.62. The van der Waals surface area contributed by atoms with Gasteiger partial charge in [0, 0.05) is 35.1 Å². The van der Waals surface area contributed by atoms with Gasteiger partial charge in [0.2, 0.25) is 0 Å². The number of rotatable bonds is 2. The molecular formula is C8H8ClFNaO3S. The molecule has 0 heterocycles. The van der Waals surface area contributed by atoms with E-state index in [-0.39, 0.29) is 40.1 Å². The molecule has 0 aliphatic carbocycles. The Balaban J connectivity index is 0.00000196. The molecule has 0 aliphatic heterocycles. The minimum Gasteiger partial charge on any atom is -0.285 e. The first-order valence-corrected chi connectivity index (χ1v) is 5.68. The van der Waals surface area contributed by atoms with Crippen molar-refractivity contribution < 1.29 is 17.4 Å². The van der Waals surface area contributed by atoms with Crippen molar-refractivity contribution in [1.29, 1.82) is 0 Å². The molecule has 79 valence electrons. The second kappa shape index (κ2) is 5.61. The van der Waals surface area contributed by atoms with Gasteiger partial charge in [-0.3, -0.25) is 4.55 Å². The Morgan fingerprint density at radius 3 is 2.47 bits per heavy atom. The van der Waals surface area contributed by atoms with Crippen LogP contribution >= 0.6 is 11.6 Å². The van der Waals surface area contributed by atoms with E-state index in [1.165, 1.54) is 6.07 Å². The van der Waals surface area contributed by atoms with Crippen LogP contribution in [0, 0.1) is 12.7 Å². The zero-order chi connectivity index (χ0) is 10.9. The summed E-state index contributed by atoms with van der Waals surface area (Å²) in [4.78, 5) is 0. The van der Waals surface area contributed by atoms with Gasteiger partial charge >= 0.3 is 0 Å². The van der Waals surface area contributed by atoms with Crippen molar-refractivity contribution in [2.75, 3.05) is 0 Å². The van der Waals surface area contributed by atoms with Gasteiger partial charge in [0.1, 0.15) is 11.6 Å². The van der Waals surface area contributed by atoms with Crippen molar-refractivity contribution in [3.8, 4) is 0 Å². The normalized spacial score (nSPS) is 10.9. The Kier molecular flexibility index (Phi) is 5.74. The fourth-order valence-corrected chi connectivity index (χ4v) is 1.98. The first-order valence-electron chi connectivity index (χ1n) is 3.70. The van der Waals surface area contributed by atoms with Crippen LogP contribution in [0.4, 0.5) is 4.39 Å². The second-order valence-corrected chi connectivity index (χ2v) is 4.71. The van der Waals surface area contributed by atoms with Gasteiger partial charge in [0.05, 0.1) is 5.02 Å². The number of halogens is 2. The van der Waals surface area contributed by atoms with Crippen LogP contribution in [0.3, 0.4) is 0 Å². The Morgan fingerprint density at radius 2 is 2.00 bits per heavy atom. The topological polar surface area (TPSA) is 54.4 Å². The molecule has 15 heavy (non-hydrogen) atoms. The Bertz CT molecular complexity index is 461. The van der Waals surface area contributed by atoms with Gasteiger partial charge in [0.15, 0.2) is 0 Å². The predicted octanol–water partition coefficient (Wildman–Crippen LogP) is 1.79. The van der Waals surface area contributed by atoms with Gasteiger partial charge in [-0.25, -0.2) is 4.39 Å². The summed E-state index contributed by atoms with van der Waals surface area (Å²) in [7, 11) is -4.26. The molecule has 0 fully saturated rings. The smallest absolute Gasteiger partial charge is 0.269 e. The van der Waals surface area contributed by atoms with Crippen LogP contribution in [0.15, 0.2) is 12.1 Å². The van der Waals surface area contributed by atoms with Crippen molar-refractivity contribution >= 4 is 51.3 Å². The number of hydrogen-bond acceptors (Lipinski definition) is 2. The zero-order valence-corrected chi connectivity index (χ0v) is 11.9. The van der Waals surface area contributed by atoms with Crippen LogP contribution in [-0.4, -0.2) is 42.5 Å². The maximum absolute atomic E-state index is 13.1. The third-order valence-electron chi connectivity index (χ3n) is 1.71. The largest absolute Gasteiger partial charge is 0.285 e. The van der Waals surface area contributed by atoms with Gasteiger partial charge in [-0.2, -0.15) is 8.42 Å². The summed E-state index contributed by atoms with van der Waals surface area (Å²) in [6, 6.07) is 2.55. The van der Waals surface area contributed by atoms with E-state index in [0.29, 0.717) is 5.56 Å². The maximum atomic E-state index is 13.1. The molecule has 0 spiro atoms. The van der Waals surface area contributed by atoms with Crippen LogP contribution in [0.5, 0.6) is 0 Å². The quantitative estimate of drug-likeness (QED) is 0.652. The Hall–Kier alpha value is 0.350. The van der Waals surface area contributed by atoms with E-state index in [1.54, 1.807) is 6.92 Å². The van der Waals surface area contributed by atoms with Crippen molar-refractivity contribution in [2.24, 2.45) is 0 Å². The molecule has 0 unspecified atom stereocenters. The maximum Gasteiger partial charge on any atom is 0.269 e. The average molecular weight is 262 g/mol. The molecule has 1 aromatic carbocycles. The molecule has 1 aromatic rings. The van der Waals surface area contributed by atoms with E-state index < -0.39 is 21.7 Å². The minimum atomic E-state index is -4.26. The number of aryl methyl sites for hydroxylation is 1. The van der Waals surface area contributed by atoms with E-state index >= 15 is 0 Å². The molecule has 0 bridgehead atoms. The fraction of sp³-hybridized carbons (Fsp3) is 0.250. The summed E-state index contributed by atoms with van der Waals surface area (Å²) < 4.78 is 42.8. The zero-order valence-electron chi connectivity index (χ0n) is 8.29. The molecular weight excluding hydrogens is 254 g/mol.